The first-order chi connectivity index (χ1) is 12.4. The van der Waals surface area contributed by atoms with Gasteiger partial charge in [0.1, 0.15) is 0 Å². The first kappa shape index (κ1) is 19.4. The van der Waals surface area contributed by atoms with Crippen molar-refractivity contribution in [3.63, 3.8) is 0 Å². The van der Waals surface area contributed by atoms with Gasteiger partial charge in [-0.1, -0.05) is 0 Å². The average molecular weight is 355 g/mol. The lowest BCUT2D eigenvalue weighted by atomic mass is 10.2. The van der Waals surface area contributed by atoms with Crippen molar-refractivity contribution < 1.29 is 9.59 Å². The van der Waals surface area contributed by atoms with Crippen molar-refractivity contribution in [1.82, 2.24) is 9.88 Å². The van der Waals surface area contributed by atoms with Gasteiger partial charge < -0.3 is 20.9 Å². The lowest BCUT2D eigenvalue weighted by molar-refractivity contribution is -0.114. The van der Waals surface area contributed by atoms with E-state index in [0.717, 1.165) is 25.2 Å². The van der Waals surface area contributed by atoms with Crippen LogP contribution in [0.15, 0.2) is 42.7 Å². The summed E-state index contributed by atoms with van der Waals surface area (Å²) in [4.78, 5) is 29.7. The molecule has 138 valence electrons. The number of nitrogens with one attached hydrogen (secondary N) is 3. The highest BCUT2D eigenvalue weighted by Crippen LogP contribution is 2.15. The van der Waals surface area contributed by atoms with Gasteiger partial charge >= 0.3 is 0 Å². The van der Waals surface area contributed by atoms with E-state index in [1.165, 1.54) is 13.1 Å². The summed E-state index contributed by atoms with van der Waals surface area (Å²) >= 11 is 0. The molecule has 1 heterocycles. The van der Waals surface area contributed by atoms with E-state index in [9.17, 15) is 9.59 Å². The highest BCUT2D eigenvalue weighted by Gasteiger charge is 2.08. The zero-order valence-corrected chi connectivity index (χ0v) is 15.4. The highest BCUT2D eigenvalue weighted by atomic mass is 16.2. The quantitative estimate of drug-likeness (QED) is 0.634. The first-order valence-electron chi connectivity index (χ1n) is 8.46. The first-order valence-corrected chi connectivity index (χ1v) is 8.46. The summed E-state index contributed by atoms with van der Waals surface area (Å²) in [6.07, 6.45) is 4.24. The predicted octanol–water partition coefficient (Wildman–Crippen LogP) is 2.66. The fraction of sp³-hybridized carbons (Fsp3) is 0.316. The summed E-state index contributed by atoms with van der Waals surface area (Å²) in [5.41, 5.74) is 2.63. The molecule has 0 aliphatic rings. The summed E-state index contributed by atoms with van der Waals surface area (Å²) in [5.74, 6) is -0.371. The van der Waals surface area contributed by atoms with Crippen LogP contribution in [-0.2, 0) is 4.79 Å². The van der Waals surface area contributed by atoms with Crippen molar-refractivity contribution in [3.05, 3.63) is 48.3 Å². The second-order valence-corrected chi connectivity index (χ2v) is 6.26. The van der Waals surface area contributed by atoms with E-state index in [1.54, 1.807) is 36.5 Å². The molecule has 0 bridgehead atoms. The van der Waals surface area contributed by atoms with Crippen LogP contribution in [0.4, 0.5) is 17.1 Å². The Hall–Kier alpha value is -2.93. The maximum Gasteiger partial charge on any atom is 0.257 e. The van der Waals surface area contributed by atoms with Crippen LogP contribution in [0.5, 0.6) is 0 Å². The van der Waals surface area contributed by atoms with E-state index in [-0.39, 0.29) is 11.8 Å². The molecular formula is C19H25N5O2. The Labute approximate surface area is 153 Å². The summed E-state index contributed by atoms with van der Waals surface area (Å²) in [7, 11) is 4.07. The number of aromatic nitrogens is 1. The van der Waals surface area contributed by atoms with Crippen LogP contribution in [-0.4, -0.2) is 48.9 Å². The number of carbonyl (C=O) groups is 2. The van der Waals surface area contributed by atoms with Crippen molar-refractivity contribution in [2.45, 2.75) is 13.3 Å². The lowest BCUT2D eigenvalue weighted by Gasteiger charge is -2.11. The van der Waals surface area contributed by atoms with Crippen molar-refractivity contribution in [1.29, 1.82) is 0 Å². The van der Waals surface area contributed by atoms with Crippen molar-refractivity contribution >= 4 is 28.9 Å². The average Bonchev–Trinajstić information content (AvgIpc) is 2.60. The molecule has 0 radical (unpaired) electrons. The Morgan fingerprint density at radius 3 is 2.27 bits per heavy atom. The maximum atomic E-state index is 12.4. The van der Waals surface area contributed by atoms with E-state index < -0.39 is 0 Å². The molecule has 26 heavy (non-hydrogen) atoms. The Morgan fingerprint density at radius 1 is 1.00 bits per heavy atom. The van der Waals surface area contributed by atoms with Gasteiger partial charge in [-0.25, -0.2) is 0 Å². The maximum absolute atomic E-state index is 12.4. The fourth-order valence-electron chi connectivity index (χ4n) is 2.33. The van der Waals surface area contributed by atoms with Gasteiger partial charge in [0.2, 0.25) is 5.91 Å². The topological polar surface area (TPSA) is 86.4 Å². The van der Waals surface area contributed by atoms with E-state index in [2.05, 4.69) is 25.8 Å². The molecule has 7 nitrogen and oxygen atoms in total. The number of benzene rings is 1. The summed E-state index contributed by atoms with van der Waals surface area (Å²) in [5, 5.41) is 8.78. The monoisotopic (exact) mass is 355 g/mol. The van der Waals surface area contributed by atoms with Crippen LogP contribution in [0, 0.1) is 0 Å². The largest absolute Gasteiger partial charge is 0.384 e. The third-order valence-corrected chi connectivity index (χ3v) is 3.57. The van der Waals surface area contributed by atoms with Crippen molar-refractivity contribution in [3.8, 4) is 0 Å². The SMILES string of the molecule is CC(=O)Nc1ccc(NC(=O)c2cncc(NCCCN(C)C)c2)cc1. The van der Waals surface area contributed by atoms with Crippen molar-refractivity contribution in [2.75, 3.05) is 43.1 Å². The van der Waals surface area contributed by atoms with Crippen molar-refractivity contribution in [2.24, 2.45) is 0 Å². The van der Waals surface area contributed by atoms with Crippen LogP contribution < -0.4 is 16.0 Å². The highest BCUT2D eigenvalue weighted by molar-refractivity contribution is 6.04. The molecule has 0 fully saturated rings. The van der Waals surface area contributed by atoms with E-state index in [1.807, 2.05) is 14.1 Å². The Kier molecular flexibility index (Phi) is 7.11. The minimum atomic E-state index is -0.235. The lowest BCUT2D eigenvalue weighted by Crippen LogP contribution is -2.17. The van der Waals surface area contributed by atoms with Gasteiger partial charge in [0.15, 0.2) is 0 Å². The smallest absolute Gasteiger partial charge is 0.257 e. The number of anilines is 3. The van der Waals surface area contributed by atoms with E-state index in [0.29, 0.717) is 16.9 Å². The van der Waals surface area contributed by atoms with Gasteiger partial charge in [0.25, 0.3) is 5.91 Å². The molecule has 0 atom stereocenters. The summed E-state index contributed by atoms with van der Waals surface area (Å²) in [6, 6.07) is 8.72. The number of pyridine rings is 1. The molecule has 0 aliphatic heterocycles. The van der Waals surface area contributed by atoms with E-state index >= 15 is 0 Å². The molecule has 0 saturated heterocycles. The van der Waals surface area contributed by atoms with Gasteiger partial charge in [-0.15, -0.1) is 0 Å². The molecule has 0 unspecified atom stereocenters. The molecule has 2 aromatic rings. The van der Waals surface area contributed by atoms with Crippen LogP contribution >= 0.6 is 0 Å². The Bertz CT molecular complexity index is 744. The van der Waals surface area contributed by atoms with Gasteiger partial charge in [-0.2, -0.15) is 0 Å². The standard InChI is InChI=1S/C19H25N5O2/c1-14(25)22-16-5-7-17(8-6-16)23-19(26)15-11-18(13-20-12-15)21-9-4-10-24(2)3/h5-8,11-13,21H,4,9-10H2,1-3H3,(H,22,25)(H,23,26). The van der Waals surface area contributed by atoms with Crippen LogP contribution in [0.25, 0.3) is 0 Å². The number of carbonyl (C=O) groups excluding carboxylic acids is 2. The summed E-state index contributed by atoms with van der Waals surface area (Å²) < 4.78 is 0. The second kappa shape index (κ2) is 9.53. The number of rotatable bonds is 8. The van der Waals surface area contributed by atoms with Gasteiger partial charge in [-0.05, 0) is 57.4 Å². The Morgan fingerprint density at radius 2 is 1.65 bits per heavy atom. The van der Waals surface area contributed by atoms with Crippen LogP contribution in [0.2, 0.25) is 0 Å². The van der Waals surface area contributed by atoms with Gasteiger partial charge in [0.05, 0.1) is 11.3 Å². The molecule has 1 aromatic carbocycles. The predicted molar refractivity (Wildman–Crippen MR) is 105 cm³/mol. The minimum Gasteiger partial charge on any atom is -0.384 e. The van der Waals surface area contributed by atoms with E-state index in [4.69, 9.17) is 0 Å². The molecular weight excluding hydrogens is 330 g/mol. The zero-order valence-electron chi connectivity index (χ0n) is 15.4. The van der Waals surface area contributed by atoms with Gasteiger partial charge in [-0.3, -0.25) is 14.6 Å². The third-order valence-electron chi connectivity index (χ3n) is 3.57. The molecule has 0 aliphatic carbocycles. The molecule has 2 rings (SSSR count). The molecule has 7 heteroatoms. The molecule has 0 saturated carbocycles. The molecule has 2 amide bonds. The minimum absolute atomic E-state index is 0.136. The third kappa shape index (κ3) is 6.52. The fourth-order valence-corrected chi connectivity index (χ4v) is 2.33. The number of amides is 2. The van der Waals surface area contributed by atoms with Crippen LogP contribution in [0.1, 0.15) is 23.7 Å². The van der Waals surface area contributed by atoms with Crippen LogP contribution in [0.3, 0.4) is 0 Å². The van der Waals surface area contributed by atoms with Gasteiger partial charge in [0, 0.05) is 37.2 Å². The summed E-state index contributed by atoms with van der Waals surface area (Å²) in [6.45, 7) is 3.26. The second-order valence-electron chi connectivity index (χ2n) is 6.26. The zero-order chi connectivity index (χ0) is 18.9. The number of hydrogen-bond acceptors (Lipinski definition) is 5. The molecule has 0 spiro atoms. The molecule has 1 aromatic heterocycles. The molecule has 3 N–H and O–H groups in total. The normalized spacial score (nSPS) is 10.5. The number of nitrogens with zero attached hydrogens (tertiary/aromatic N) is 2. The Balaban J connectivity index is 1.92. The number of hydrogen-bond donors (Lipinski definition) is 3.